The van der Waals surface area contributed by atoms with Crippen LogP contribution < -0.4 is 5.32 Å². The number of ether oxygens (including phenoxy) is 1. The largest absolute Gasteiger partial charge is 0.480 e. The van der Waals surface area contributed by atoms with Crippen LogP contribution in [-0.4, -0.2) is 48.4 Å². The number of amides is 1. The summed E-state index contributed by atoms with van der Waals surface area (Å²) in [4.78, 5) is 31.6. The van der Waals surface area contributed by atoms with Gasteiger partial charge in [0.15, 0.2) is 0 Å². The van der Waals surface area contributed by atoms with Crippen molar-refractivity contribution in [3.05, 3.63) is 59.7 Å². The van der Waals surface area contributed by atoms with Gasteiger partial charge in [0, 0.05) is 18.1 Å². The molecule has 1 atom stereocenters. The van der Waals surface area contributed by atoms with Crippen LogP contribution in [0.15, 0.2) is 58.5 Å². The van der Waals surface area contributed by atoms with E-state index in [1.165, 1.54) is 6.34 Å². The van der Waals surface area contributed by atoms with Crippen molar-refractivity contribution >= 4 is 24.1 Å². The van der Waals surface area contributed by atoms with E-state index in [1.807, 2.05) is 36.4 Å². The molecule has 0 aromatic heterocycles. The van der Waals surface area contributed by atoms with Crippen LogP contribution in [0.2, 0.25) is 0 Å². The lowest BCUT2D eigenvalue weighted by Gasteiger charge is -2.17. The van der Waals surface area contributed by atoms with Gasteiger partial charge in [0.05, 0.1) is 6.54 Å². The van der Waals surface area contributed by atoms with E-state index < -0.39 is 18.1 Å². The molecule has 0 saturated heterocycles. The number of fused-ring (bicyclic) bond motifs is 3. The number of hydrogen-bond acceptors (Lipinski definition) is 5. The fourth-order valence-electron chi connectivity index (χ4n) is 3.64. The maximum absolute atomic E-state index is 12.2. The number of hydrogen-bond donors (Lipinski definition) is 2. The van der Waals surface area contributed by atoms with Gasteiger partial charge in [-0.05, 0) is 22.3 Å². The number of rotatable bonds is 6. The number of carbonyl (C=O) groups is 2. The van der Waals surface area contributed by atoms with Gasteiger partial charge in [-0.3, -0.25) is 4.99 Å². The molecule has 7 heteroatoms. The first-order chi connectivity index (χ1) is 13.6. The Morgan fingerprint density at radius 3 is 2.32 bits per heavy atom. The van der Waals surface area contributed by atoms with Crippen molar-refractivity contribution in [2.24, 2.45) is 9.98 Å². The highest BCUT2D eigenvalue weighted by Gasteiger charge is 2.30. The van der Waals surface area contributed by atoms with Crippen molar-refractivity contribution in [1.29, 1.82) is 0 Å². The molecule has 0 radical (unpaired) electrons. The second kappa shape index (κ2) is 7.64. The molecule has 2 aromatic rings. The van der Waals surface area contributed by atoms with E-state index in [0.717, 1.165) is 22.3 Å². The number of carboxylic acids is 1. The third kappa shape index (κ3) is 3.51. The van der Waals surface area contributed by atoms with E-state index in [0.29, 0.717) is 12.3 Å². The summed E-state index contributed by atoms with van der Waals surface area (Å²) in [5, 5.41) is 11.8. The molecule has 142 valence electrons. The van der Waals surface area contributed by atoms with Gasteiger partial charge in [-0.1, -0.05) is 48.5 Å². The van der Waals surface area contributed by atoms with Gasteiger partial charge >= 0.3 is 12.1 Å². The standard InChI is InChI=1S/C21H19N3O4/c25-20(26)19(9-13-10-22-12-23-13)24-21(27)28-11-18-16-7-3-1-5-14(16)15-6-2-4-8-17(15)18/h1-8,12,18-19H,9-11H2,(H,24,27)(H,25,26)/t19-/m0/s1. The minimum atomic E-state index is -1.14. The first-order valence-corrected chi connectivity index (χ1v) is 9.01. The van der Waals surface area contributed by atoms with Crippen molar-refractivity contribution in [2.75, 3.05) is 13.2 Å². The molecule has 2 aliphatic rings. The molecule has 1 aliphatic carbocycles. The smallest absolute Gasteiger partial charge is 0.407 e. The van der Waals surface area contributed by atoms with Gasteiger partial charge in [-0.25, -0.2) is 14.6 Å². The minimum Gasteiger partial charge on any atom is -0.480 e. The molecule has 0 spiro atoms. The number of benzene rings is 2. The summed E-state index contributed by atoms with van der Waals surface area (Å²) in [6.45, 7) is 0.492. The first kappa shape index (κ1) is 17.9. The third-order valence-corrected chi connectivity index (χ3v) is 4.97. The average molecular weight is 377 g/mol. The molecule has 0 bridgehead atoms. The summed E-state index contributed by atoms with van der Waals surface area (Å²) in [5.74, 6) is -1.21. The molecule has 1 aliphatic heterocycles. The normalized spacial score (nSPS) is 15.5. The number of carboxylic acid groups (broad SMARTS) is 1. The molecule has 2 aromatic carbocycles. The SMILES string of the molecule is O=C(N[C@@H](CC1=NC=NC1)C(=O)O)OCC1c2ccccc2-c2ccccc21. The van der Waals surface area contributed by atoms with Gasteiger partial charge in [0.25, 0.3) is 0 Å². The summed E-state index contributed by atoms with van der Waals surface area (Å²) in [7, 11) is 0. The van der Waals surface area contributed by atoms with E-state index in [2.05, 4.69) is 27.4 Å². The lowest BCUT2D eigenvalue weighted by molar-refractivity contribution is -0.139. The Bertz CT molecular complexity index is 938. The van der Waals surface area contributed by atoms with Crippen LogP contribution in [0.3, 0.4) is 0 Å². The maximum Gasteiger partial charge on any atom is 0.407 e. The van der Waals surface area contributed by atoms with E-state index in [-0.39, 0.29) is 18.9 Å². The monoisotopic (exact) mass is 377 g/mol. The highest BCUT2D eigenvalue weighted by atomic mass is 16.5. The highest BCUT2D eigenvalue weighted by molar-refractivity contribution is 5.99. The van der Waals surface area contributed by atoms with Crippen molar-refractivity contribution < 1.29 is 19.4 Å². The number of alkyl carbamates (subject to hydrolysis) is 1. The van der Waals surface area contributed by atoms with Crippen LogP contribution in [0.1, 0.15) is 23.5 Å². The first-order valence-electron chi connectivity index (χ1n) is 9.01. The molecule has 28 heavy (non-hydrogen) atoms. The zero-order valence-corrected chi connectivity index (χ0v) is 15.0. The molecule has 1 amide bonds. The second-order valence-electron chi connectivity index (χ2n) is 6.72. The Hall–Kier alpha value is -3.48. The van der Waals surface area contributed by atoms with Gasteiger partial charge in [-0.15, -0.1) is 0 Å². The van der Waals surface area contributed by atoms with Crippen LogP contribution >= 0.6 is 0 Å². The molecule has 0 fully saturated rings. The zero-order valence-electron chi connectivity index (χ0n) is 15.0. The molecular weight excluding hydrogens is 358 g/mol. The number of nitrogens with one attached hydrogen (secondary N) is 1. The topological polar surface area (TPSA) is 100 Å². The molecule has 1 heterocycles. The van der Waals surface area contributed by atoms with Gasteiger partial charge in [-0.2, -0.15) is 0 Å². The predicted molar refractivity (Wildman–Crippen MR) is 105 cm³/mol. The molecule has 0 saturated carbocycles. The van der Waals surface area contributed by atoms with Crippen molar-refractivity contribution in [3.63, 3.8) is 0 Å². The minimum absolute atomic E-state index is 0.0750. The Morgan fingerprint density at radius 2 is 1.75 bits per heavy atom. The fourth-order valence-corrected chi connectivity index (χ4v) is 3.64. The fraction of sp³-hybridized carbons (Fsp3) is 0.238. The average Bonchev–Trinajstić information content (AvgIpc) is 3.32. The maximum atomic E-state index is 12.2. The highest BCUT2D eigenvalue weighted by Crippen LogP contribution is 2.44. The summed E-state index contributed by atoms with van der Waals surface area (Å²) in [6.07, 6.45) is 0.731. The lowest BCUT2D eigenvalue weighted by atomic mass is 9.98. The van der Waals surface area contributed by atoms with Crippen LogP contribution in [-0.2, 0) is 9.53 Å². The van der Waals surface area contributed by atoms with Crippen LogP contribution in [0.4, 0.5) is 4.79 Å². The van der Waals surface area contributed by atoms with Gasteiger partial charge in [0.2, 0.25) is 0 Å². The Morgan fingerprint density at radius 1 is 1.11 bits per heavy atom. The Labute approximate surface area is 161 Å². The summed E-state index contributed by atoms with van der Waals surface area (Å²) < 4.78 is 5.40. The van der Waals surface area contributed by atoms with Crippen molar-refractivity contribution in [3.8, 4) is 11.1 Å². The number of aliphatic imine (C=N–C) groups is 2. The van der Waals surface area contributed by atoms with Crippen LogP contribution in [0.25, 0.3) is 11.1 Å². The number of carbonyl (C=O) groups excluding carboxylic acids is 1. The third-order valence-electron chi connectivity index (χ3n) is 4.97. The van der Waals surface area contributed by atoms with Crippen LogP contribution in [0, 0.1) is 0 Å². The Kier molecular flexibility index (Phi) is 4.89. The van der Waals surface area contributed by atoms with E-state index >= 15 is 0 Å². The van der Waals surface area contributed by atoms with E-state index in [4.69, 9.17) is 4.74 Å². The van der Waals surface area contributed by atoms with Gasteiger partial charge in [0.1, 0.15) is 19.0 Å². The lowest BCUT2D eigenvalue weighted by Crippen LogP contribution is -2.43. The second-order valence-corrected chi connectivity index (χ2v) is 6.72. The van der Waals surface area contributed by atoms with E-state index in [9.17, 15) is 14.7 Å². The molecular formula is C21H19N3O4. The Balaban J connectivity index is 1.42. The quantitative estimate of drug-likeness (QED) is 0.808. The van der Waals surface area contributed by atoms with Crippen molar-refractivity contribution in [1.82, 2.24) is 5.32 Å². The van der Waals surface area contributed by atoms with E-state index in [1.54, 1.807) is 0 Å². The summed E-state index contributed by atoms with van der Waals surface area (Å²) in [6, 6.07) is 15.0. The molecule has 7 nitrogen and oxygen atoms in total. The zero-order chi connectivity index (χ0) is 19.5. The molecule has 4 rings (SSSR count). The predicted octanol–water partition coefficient (Wildman–Crippen LogP) is 2.85. The van der Waals surface area contributed by atoms with Gasteiger partial charge < -0.3 is 15.2 Å². The van der Waals surface area contributed by atoms with Crippen LogP contribution in [0.5, 0.6) is 0 Å². The summed E-state index contributed by atoms with van der Waals surface area (Å²) in [5.41, 5.74) is 5.09. The molecule has 0 unspecified atom stereocenters. The van der Waals surface area contributed by atoms with Crippen molar-refractivity contribution in [2.45, 2.75) is 18.4 Å². The molecule has 2 N–H and O–H groups in total. The summed E-state index contributed by atoms with van der Waals surface area (Å²) >= 11 is 0. The number of nitrogens with zero attached hydrogens (tertiary/aromatic N) is 2. The number of aliphatic carboxylic acids is 1.